The number of allylic oxidation sites excluding steroid dienone is 2. The van der Waals surface area contributed by atoms with E-state index >= 15 is 0 Å². The number of carboxylic acids is 1. The molecule has 0 radical (unpaired) electrons. The first-order valence-corrected chi connectivity index (χ1v) is 10.4. The molecule has 9 heteroatoms. The maximum absolute atomic E-state index is 12.7. The number of thioether (sulfide) groups is 1. The van der Waals surface area contributed by atoms with Crippen molar-refractivity contribution >= 4 is 39.2 Å². The van der Waals surface area contributed by atoms with Gasteiger partial charge in [-0.3, -0.25) is 9.59 Å². The van der Waals surface area contributed by atoms with Crippen molar-refractivity contribution in [2.75, 3.05) is 12.9 Å². The van der Waals surface area contributed by atoms with E-state index in [0.29, 0.717) is 11.3 Å². The molecule has 2 aromatic carbocycles. The Morgan fingerprint density at radius 2 is 1.75 bits per heavy atom. The minimum absolute atomic E-state index is 0.0247. The SMILES string of the molecule is COc1ccc(S(=O)(=O)N=C2C=C(SCC(=O)O)C(=O)c3ccccc32)cc1. The van der Waals surface area contributed by atoms with E-state index in [0.717, 1.165) is 11.8 Å². The number of nitrogens with zero attached hydrogens (tertiary/aromatic N) is 1. The number of methoxy groups -OCH3 is 1. The monoisotopic (exact) mass is 417 g/mol. The Labute approximate surface area is 165 Å². The number of ketones is 1. The van der Waals surface area contributed by atoms with Crippen LogP contribution < -0.4 is 4.74 Å². The molecular weight excluding hydrogens is 402 g/mol. The highest BCUT2D eigenvalue weighted by Gasteiger charge is 2.26. The summed E-state index contributed by atoms with van der Waals surface area (Å²) in [4.78, 5) is 23.5. The van der Waals surface area contributed by atoms with Crippen molar-refractivity contribution in [2.24, 2.45) is 4.40 Å². The number of ether oxygens (including phenoxy) is 1. The van der Waals surface area contributed by atoms with E-state index in [1.165, 1.54) is 37.5 Å². The third kappa shape index (κ3) is 4.15. The molecule has 1 aliphatic rings. The molecule has 0 fully saturated rings. The van der Waals surface area contributed by atoms with Crippen molar-refractivity contribution in [1.29, 1.82) is 0 Å². The van der Waals surface area contributed by atoms with Gasteiger partial charge >= 0.3 is 5.97 Å². The van der Waals surface area contributed by atoms with E-state index in [4.69, 9.17) is 9.84 Å². The van der Waals surface area contributed by atoms with Crippen LogP contribution in [0, 0.1) is 0 Å². The number of aliphatic carboxylic acids is 1. The van der Waals surface area contributed by atoms with Crippen LogP contribution in [0.3, 0.4) is 0 Å². The summed E-state index contributed by atoms with van der Waals surface area (Å²) in [5.74, 6) is -1.25. The van der Waals surface area contributed by atoms with Gasteiger partial charge in [0.1, 0.15) is 5.75 Å². The minimum atomic E-state index is -4.05. The third-order valence-corrected chi connectivity index (χ3v) is 6.18. The van der Waals surface area contributed by atoms with Crippen molar-refractivity contribution in [3.05, 3.63) is 70.6 Å². The average Bonchev–Trinajstić information content (AvgIpc) is 2.69. The van der Waals surface area contributed by atoms with Crippen LogP contribution in [0.1, 0.15) is 15.9 Å². The quantitative estimate of drug-likeness (QED) is 0.769. The van der Waals surface area contributed by atoms with Crippen LogP contribution in [0.5, 0.6) is 5.75 Å². The van der Waals surface area contributed by atoms with Crippen LogP contribution in [0.4, 0.5) is 0 Å². The number of fused-ring (bicyclic) bond motifs is 1. The summed E-state index contributed by atoms with van der Waals surface area (Å²) in [6.07, 6.45) is 1.32. The lowest BCUT2D eigenvalue weighted by molar-refractivity contribution is -0.133. The number of rotatable bonds is 6. The number of carbonyl (C=O) groups excluding carboxylic acids is 1. The van der Waals surface area contributed by atoms with Gasteiger partial charge < -0.3 is 9.84 Å². The lowest BCUT2D eigenvalue weighted by Gasteiger charge is -2.16. The number of sulfonamides is 1. The van der Waals surface area contributed by atoms with Crippen LogP contribution in [0.25, 0.3) is 0 Å². The normalized spacial score (nSPS) is 15.1. The molecule has 0 spiro atoms. The molecule has 1 N–H and O–H groups in total. The predicted octanol–water partition coefficient (Wildman–Crippen LogP) is 2.77. The smallest absolute Gasteiger partial charge is 0.313 e. The van der Waals surface area contributed by atoms with Gasteiger partial charge in [-0.15, -0.1) is 11.8 Å². The number of benzene rings is 2. The van der Waals surface area contributed by atoms with Gasteiger partial charge in [-0.2, -0.15) is 12.8 Å². The lowest BCUT2D eigenvalue weighted by Crippen LogP contribution is -2.18. The summed E-state index contributed by atoms with van der Waals surface area (Å²) in [5.41, 5.74) is 0.740. The van der Waals surface area contributed by atoms with Gasteiger partial charge in [0.05, 0.1) is 28.4 Å². The lowest BCUT2D eigenvalue weighted by atomic mass is 9.94. The molecule has 3 rings (SSSR count). The summed E-state index contributed by atoms with van der Waals surface area (Å²) >= 11 is 0.827. The van der Waals surface area contributed by atoms with Crippen molar-refractivity contribution in [2.45, 2.75) is 4.90 Å². The van der Waals surface area contributed by atoms with Gasteiger partial charge in [-0.05, 0) is 30.3 Å². The Balaban J connectivity index is 2.07. The fourth-order valence-electron chi connectivity index (χ4n) is 2.56. The second-order valence-corrected chi connectivity index (χ2v) is 8.31. The Hall–Kier alpha value is -2.91. The highest BCUT2D eigenvalue weighted by molar-refractivity contribution is 8.04. The van der Waals surface area contributed by atoms with Crippen LogP contribution in [-0.2, 0) is 14.8 Å². The van der Waals surface area contributed by atoms with E-state index < -0.39 is 16.0 Å². The minimum Gasteiger partial charge on any atom is -0.497 e. The summed E-state index contributed by atoms with van der Waals surface area (Å²) < 4.78 is 34.4. The third-order valence-electron chi connectivity index (χ3n) is 3.87. The number of Topliss-reactive ketones (excluding diaryl/α,β-unsaturated/α-hetero) is 1. The van der Waals surface area contributed by atoms with E-state index in [-0.39, 0.29) is 32.6 Å². The van der Waals surface area contributed by atoms with Crippen LogP contribution in [-0.4, -0.2) is 43.9 Å². The maximum Gasteiger partial charge on any atom is 0.313 e. The number of hydrogen-bond acceptors (Lipinski definition) is 6. The number of hydrogen-bond donors (Lipinski definition) is 1. The van der Waals surface area contributed by atoms with Gasteiger partial charge in [0.2, 0.25) is 0 Å². The van der Waals surface area contributed by atoms with Crippen molar-refractivity contribution in [1.82, 2.24) is 0 Å². The molecule has 0 saturated heterocycles. The van der Waals surface area contributed by atoms with Gasteiger partial charge in [0.15, 0.2) is 5.78 Å². The summed E-state index contributed by atoms with van der Waals surface area (Å²) in [5, 5.41) is 8.87. The van der Waals surface area contributed by atoms with E-state index in [9.17, 15) is 18.0 Å². The highest BCUT2D eigenvalue weighted by atomic mass is 32.2. The Bertz CT molecular complexity index is 1100. The molecule has 28 heavy (non-hydrogen) atoms. The van der Waals surface area contributed by atoms with E-state index in [2.05, 4.69) is 4.40 Å². The topological polar surface area (TPSA) is 110 Å². The van der Waals surface area contributed by atoms with Crippen molar-refractivity contribution < 1.29 is 27.9 Å². The second kappa shape index (κ2) is 7.99. The van der Waals surface area contributed by atoms with Gasteiger partial charge in [-0.25, -0.2) is 0 Å². The fourth-order valence-corrected chi connectivity index (χ4v) is 4.27. The molecule has 0 amide bonds. The Kier molecular flexibility index (Phi) is 5.66. The number of carbonyl (C=O) groups is 2. The summed E-state index contributed by atoms with van der Waals surface area (Å²) in [7, 11) is -2.58. The fraction of sp³-hybridized carbons (Fsp3) is 0.105. The second-order valence-electron chi connectivity index (χ2n) is 5.69. The molecule has 0 atom stereocenters. The zero-order valence-corrected chi connectivity index (χ0v) is 16.3. The molecule has 0 bridgehead atoms. The zero-order chi connectivity index (χ0) is 20.3. The van der Waals surface area contributed by atoms with E-state index in [1.807, 2.05) is 0 Å². The molecule has 144 valence electrons. The van der Waals surface area contributed by atoms with Crippen molar-refractivity contribution in [3.63, 3.8) is 0 Å². The largest absolute Gasteiger partial charge is 0.497 e. The molecule has 0 aromatic heterocycles. The summed E-state index contributed by atoms with van der Waals surface area (Å²) in [6.45, 7) is 0. The van der Waals surface area contributed by atoms with Crippen LogP contribution in [0.15, 0.2) is 68.8 Å². The van der Waals surface area contributed by atoms with Crippen LogP contribution in [0.2, 0.25) is 0 Å². The molecule has 1 aliphatic carbocycles. The zero-order valence-electron chi connectivity index (χ0n) is 14.7. The summed E-state index contributed by atoms with van der Waals surface area (Å²) in [6, 6.07) is 12.3. The molecule has 0 saturated carbocycles. The van der Waals surface area contributed by atoms with Crippen LogP contribution >= 0.6 is 11.8 Å². The van der Waals surface area contributed by atoms with E-state index in [1.54, 1.807) is 24.3 Å². The standard InChI is InChI=1S/C19H15NO6S2/c1-26-12-6-8-13(9-7-12)28(24,25)20-16-10-17(27-11-18(21)22)19(23)15-5-3-2-4-14(15)16/h2-10H,11H2,1H3,(H,21,22). The molecule has 2 aromatic rings. The predicted molar refractivity (Wildman–Crippen MR) is 106 cm³/mol. The first-order chi connectivity index (χ1) is 13.3. The Morgan fingerprint density at radius 1 is 1.11 bits per heavy atom. The highest BCUT2D eigenvalue weighted by Crippen LogP contribution is 2.29. The van der Waals surface area contributed by atoms with Gasteiger partial charge in [0.25, 0.3) is 10.0 Å². The molecule has 0 unspecified atom stereocenters. The first-order valence-electron chi connectivity index (χ1n) is 8.01. The molecule has 0 aliphatic heterocycles. The van der Waals surface area contributed by atoms with Gasteiger partial charge in [-0.1, -0.05) is 24.3 Å². The first kappa shape index (κ1) is 19.8. The number of carboxylic acid groups (broad SMARTS) is 1. The molecular formula is C19H15NO6S2. The van der Waals surface area contributed by atoms with Gasteiger partial charge in [0, 0.05) is 11.1 Å². The molecule has 0 heterocycles. The molecule has 7 nitrogen and oxygen atoms in total. The maximum atomic E-state index is 12.7. The van der Waals surface area contributed by atoms with Crippen molar-refractivity contribution in [3.8, 4) is 5.75 Å². The average molecular weight is 417 g/mol. The Morgan fingerprint density at radius 3 is 2.36 bits per heavy atom.